The molecule has 0 saturated heterocycles. The highest BCUT2D eigenvalue weighted by atomic mass is 35.5. The Morgan fingerprint density at radius 2 is 2.06 bits per heavy atom. The van der Waals surface area contributed by atoms with E-state index in [9.17, 15) is 14.0 Å². The summed E-state index contributed by atoms with van der Waals surface area (Å²) in [5.74, 6) is -1.28. The molecular weight excluding hydrogens is 433 g/mol. The van der Waals surface area contributed by atoms with Crippen LogP contribution in [-0.2, 0) is 14.9 Å². The van der Waals surface area contributed by atoms with Crippen LogP contribution in [0.1, 0.15) is 48.0 Å². The highest BCUT2D eigenvalue weighted by Gasteiger charge is 2.38. The molecule has 0 atom stereocenters. The van der Waals surface area contributed by atoms with Gasteiger partial charge >= 0.3 is 5.97 Å². The Bertz CT molecular complexity index is 1280. The maximum Gasteiger partial charge on any atom is 0.341 e. The molecule has 3 heterocycles. The van der Waals surface area contributed by atoms with Gasteiger partial charge in [0, 0.05) is 35.3 Å². The molecule has 166 valence electrons. The lowest BCUT2D eigenvalue weighted by Crippen LogP contribution is -2.37. The minimum absolute atomic E-state index is 0.185. The number of hydrogen-bond acceptors (Lipinski definition) is 4. The number of fused-ring (bicyclic) bond motifs is 3. The van der Waals surface area contributed by atoms with Gasteiger partial charge in [0.15, 0.2) is 0 Å². The van der Waals surface area contributed by atoms with E-state index in [0.717, 1.165) is 10.9 Å². The molecule has 1 amide bonds. The second-order valence-electron chi connectivity index (χ2n) is 8.47. The Balaban J connectivity index is 1.90. The Labute approximate surface area is 190 Å². The number of halogens is 2. The number of rotatable bonds is 3. The first-order valence-electron chi connectivity index (χ1n) is 10.3. The minimum atomic E-state index is -0.574. The Kier molecular flexibility index (Phi) is 5.54. The smallest absolute Gasteiger partial charge is 0.341 e. The van der Waals surface area contributed by atoms with Crippen molar-refractivity contribution in [3.63, 3.8) is 0 Å². The normalized spacial score (nSPS) is 15.2. The van der Waals surface area contributed by atoms with Crippen LogP contribution in [0, 0.1) is 12.7 Å². The maximum atomic E-state index is 13.7. The van der Waals surface area contributed by atoms with Crippen LogP contribution < -0.4 is 0 Å². The lowest BCUT2D eigenvalue weighted by molar-refractivity contribution is -0.136. The third-order valence-corrected chi connectivity index (χ3v) is 5.78. The molecule has 0 bridgehead atoms. The highest BCUT2D eigenvalue weighted by molar-refractivity contribution is 6.31. The van der Waals surface area contributed by atoms with Crippen molar-refractivity contribution in [1.29, 1.82) is 0 Å². The van der Waals surface area contributed by atoms with E-state index in [0.29, 0.717) is 27.5 Å². The Morgan fingerprint density at radius 1 is 1.31 bits per heavy atom. The molecule has 1 aromatic carbocycles. The van der Waals surface area contributed by atoms with Gasteiger partial charge in [0.05, 0.1) is 22.9 Å². The van der Waals surface area contributed by atoms with E-state index >= 15 is 0 Å². The summed E-state index contributed by atoms with van der Waals surface area (Å²) in [5, 5.41) is 1.25. The number of aromatic amines is 1. The van der Waals surface area contributed by atoms with Crippen molar-refractivity contribution >= 4 is 40.1 Å². The van der Waals surface area contributed by atoms with Gasteiger partial charge in [0.1, 0.15) is 11.5 Å². The fourth-order valence-corrected chi connectivity index (χ4v) is 4.32. The van der Waals surface area contributed by atoms with Crippen LogP contribution in [-0.4, -0.2) is 39.9 Å². The van der Waals surface area contributed by atoms with Crippen molar-refractivity contribution in [2.45, 2.75) is 33.1 Å². The molecule has 1 N–H and O–H groups in total. The minimum Gasteiger partial charge on any atom is -0.462 e. The molecule has 0 unspecified atom stereocenters. The molecule has 0 fully saturated rings. The van der Waals surface area contributed by atoms with Gasteiger partial charge in [-0.15, -0.1) is 0 Å². The Morgan fingerprint density at radius 3 is 2.75 bits per heavy atom. The van der Waals surface area contributed by atoms with Crippen LogP contribution in [0.4, 0.5) is 4.39 Å². The maximum absolute atomic E-state index is 13.7. The fraction of sp³-hybridized carbons (Fsp3) is 0.292. The van der Waals surface area contributed by atoms with Gasteiger partial charge in [-0.05, 0) is 49.2 Å². The number of carbonyl (C=O) groups excluding carboxylic acids is 2. The average molecular weight is 456 g/mol. The fourth-order valence-electron chi connectivity index (χ4n) is 4.16. The lowest BCUT2D eigenvalue weighted by atomic mass is 9.82. The van der Waals surface area contributed by atoms with Crippen LogP contribution in [0.15, 0.2) is 36.7 Å². The van der Waals surface area contributed by atoms with E-state index in [4.69, 9.17) is 16.3 Å². The number of benzene rings is 1. The van der Waals surface area contributed by atoms with Gasteiger partial charge in [-0.25, -0.2) is 14.2 Å². The molecular formula is C24H23ClFN3O3. The van der Waals surface area contributed by atoms with E-state index < -0.39 is 11.4 Å². The summed E-state index contributed by atoms with van der Waals surface area (Å²) in [6.07, 6.45) is 3.04. The number of pyridine rings is 1. The number of aryl methyl sites for hydroxylation is 1. The highest BCUT2D eigenvalue weighted by Crippen LogP contribution is 2.40. The number of esters is 1. The van der Waals surface area contributed by atoms with Gasteiger partial charge in [-0.1, -0.05) is 25.4 Å². The van der Waals surface area contributed by atoms with Crippen molar-refractivity contribution in [2.24, 2.45) is 0 Å². The van der Waals surface area contributed by atoms with Crippen molar-refractivity contribution < 1.29 is 18.7 Å². The molecule has 6 nitrogen and oxygen atoms in total. The first kappa shape index (κ1) is 22.0. The van der Waals surface area contributed by atoms with E-state index in [1.165, 1.54) is 35.5 Å². The van der Waals surface area contributed by atoms with E-state index in [-0.39, 0.29) is 30.4 Å². The first-order chi connectivity index (χ1) is 15.1. The van der Waals surface area contributed by atoms with Crippen molar-refractivity contribution in [3.8, 4) is 0 Å². The van der Waals surface area contributed by atoms with Crippen LogP contribution in [0.25, 0.3) is 16.6 Å². The number of carbonyl (C=O) groups is 2. The topological polar surface area (TPSA) is 75.3 Å². The van der Waals surface area contributed by atoms with Gasteiger partial charge < -0.3 is 14.6 Å². The number of H-pyrrole nitrogens is 1. The molecule has 2 aromatic heterocycles. The molecule has 3 aromatic rings. The van der Waals surface area contributed by atoms with E-state index in [1.807, 2.05) is 13.8 Å². The number of hydrogen-bond donors (Lipinski definition) is 1. The van der Waals surface area contributed by atoms with Gasteiger partial charge in [-0.3, -0.25) is 4.79 Å². The zero-order valence-electron chi connectivity index (χ0n) is 18.3. The quantitative estimate of drug-likeness (QED) is 0.564. The standard InChI is InChI=1S/C24H23ClFN3O3/c1-5-32-23(31)17-11-29(22(30)14-6-7-18(26)13(2)8-14)12-24(3,4)19-16-9-15(25)10-27-21(16)28-20(17)19/h6-11H,5,12H2,1-4H3,(H,27,28). The summed E-state index contributed by atoms with van der Waals surface area (Å²) in [6.45, 7) is 7.75. The summed E-state index contributed by atoms with van der Waals surface area (Å²) in [7, 11) is 0. The third-order valence-electron chi connectivity index (χ3n) is 5.57. The summed E-state index contributed by atoms with van der Waals surface area (Å²) in [4.78, 5) is 35.4. The van der Waals surface area contributed by atoms with Gasteiger partial charge in [-0.2, -0.15) is 0 Å². The van der Waals surface area contributed by atoms with Gasteiger partial charge in [0.2, 0.25) is 0 Å². The predicted octanol–water partition coefficient (Wildman–Crippen LogP) is 5.00. The van der Waals surface area contributed by atoms with Crippen molar-refractivity contribution in [3.05, 3.63) is 69.9 Å². The first-order valence-corrected chi connectivity index (χ1v) is 10.6. The largest absolute Gasteiger partial charge is 0.462 e. The van der Waals surface area contributed by atoms with Crippen LogP contribution >= 0.6 is 11.6 Å². The zero-order chi connectivity index (χ0) is 23.2. The third kappa shape index (κ3) is 3.77. The molecule has 1 aliphatic rings. The molecule has 1 aliphatic heterocycles. The number of nitrogens with zero attached hydrogens (tertiary/aromatic N) is 2. The Hall–Kier alpha value is -3.19. The second kappa shape index (κ2) is 8.06. The monoisotopic (exact) mass is 455 g/mol. The average Bonchev–Trinajstić information content (AvgIpc) is 3.06. The molecule has 0 saturated carbocycles. The molecule has 0 spiro atoms. The number of ether oxygens (including phenoxy) is 1. The van der Waals surface area contributed by atoms with Crippen molar-refractivity contribution in [2.75, 3.05) is 13.2 Å². The molecule has 0 aliphatic carbocycles. The number of nitrogens with one attached hydrogen (secondary N) is 1. The van der Waals surface area contributed by atoms with Crippen molar-refractivity contribution in [1.82, 2.24) is 14.9 Å². The second-order valence-corrected chi connectivity index (χ2v) is 8.91. The summed E-state index contributed by atoms with van der Waals surface area (Å²) in [5.41, 5.74) is 2.31. The molecule has 32 heavy (non-hydrogen) atoms. The van der Waals surface area contributed by atoms with Crippen LogP contribution in [0.5, 0.6) is 0 Å². The summed E-state index contributed by atoms with van der Waals surface area (Å²) < 4.78 is 19.0. The lowest BCUT2D eigenvalue weighted by Gasteiger charge is -2.29. The van der Waals surface area contributed by atoms with E-state index in [1.54, 1.807) is 19.9 Å². The van der Waals surface area contributed by atoms with Crippen LogP contribution in [0.2, 0.25) is 5.02 Å². The predicted molar refractivity (Wildman–Crippen MR) is 121 cm³/mol. The summed E-state index contributed by atoms with van der Waals surface area (Å²) in [6, 6.07) is 6.01. The SMILES string of the molecule is CCOC(=O)C1=CN(C(=O)c2ccc(F)c(C)c2)CC(C)(C)c2c1[nH]c1ncc(Cl)cc21. The number of aromatic nitrogens is 2. The molecule has 4 rings (SSSR count). The molecule has 8 heteroatoms. The zero-order valence-corrected chi connectivity index (χ0v) is 19.0. The summed E-state index contributed by atoms with van der Waals surface area (Å²) >= 11 is 6.21. The van der Waals surface area contributed by atoms with Crippen LogP contribution in [0.3, 0.4) is 0 Å². The van der Waals surface area contributed by atoms with Gasteiger partial charge in [0.25, 0.3) is 5.91 Å². The number of amides is 1. The van der Waals surface area contributed by atoms with E-state index in [2.05, 4.69) is 9.97 Å². The molecule has 0 radical (unpaired) electrons.